The lowest BCUT2D eigenvalue weighted by molar-refractivity contribution is -0.160. The number of hydrogen-bond donors (Lipinski definition) is 2. The minimum atomic E-state index is -1.21. The van der Waals surface area contributed by atoms with Gasteiger partial charge in [-0.05, 0) is 24.8 Å². The predicted octanol–water partition coefficient (Wildman–Crippen LogP) is 1.07. The largest absolute Gasteiger partial charge is 0.455 e. The van der Waals surface area contributed by atoms with Crippen LogP contribution < -0.4 is 5.32 Å². The highest BCUT2D eigenvalue weighted by atomic mass is 16.6. The van der Waals surface area contributed by atoms with Crippen LogP contribution in [0.25, 0.3) is 0 Å². The Bertz CT molecular complexity index is 1270. The molecular weight excluding hydrogens is 592 g/mol. The Morgan fingerprint density at radius 1 is 1.15 bits per heavy atom. The Hall–Kier alpha value is -3.58. The number of allylic oxidation sites excluding steroid dienone is 1. The van der Waals surface area contributed by atoms with Crippen LogP contribution in [0.2, 0.25) is 0 Å². The molecule has 250 valence electrons. The first-order chi connectivity index (χ1) is 22.3. The lowest BCUT2D eigenvalue weighted by Crippen LogP contribution is -2.57. The van der Waals surface area contributed by atoms with E-state index in [9.17, 15) is 24.3 Å². The molecule has 0 aliphatic carbocycles. The Balaban J connectivity index is 1.36. The smallest absolute Gasteiger partial charge is 0.313 e. The van der Waals surface area contributed by atoms with Gasteiger partial charge in [-0.3, -0.25) is 24.1 Å². The lowest BCUT2D eigenvalue weighted by Gasteiger charge is -2.37. The van der Waals surface area contributed by atoms with Crippen molar-refractivity contribution in [1.82, 2.24) is 20.0 Å². The van der Waals surface area contributed by atoms with Crippen LogP contribution in [0.3, 0.4) is 0 Å². The van der Waals surface area contributed by atoms with Crippen molar-refractivity contribution in [1.29, 1.82) is 0 Å². The number of fused-ring (bicyclic) bond motifs is 1. The Morgan fingerprint density at radius 2 is 1.91 bits per heavy atom. The molecule has 0 unspecified atom stereocenters. The predicted molar refractivity (Wildman–Crippen MR) is 168 cm³/mol. The SMILES string of the molecule is C=CCCC(=O)NC[C@@H](OC(=O)[C@@H]1[C@@H]2CC[C@]3(O2)[C@H](C(=O)N(CC=C)CCN2CCOCC2)N(CCO)C(=O)[C@@H]13)c1ccccc1. The van der Waals surface area contributed by atoms with E-state index in [2.05, 4.69) is 23.4 Å². The van der Waals surface area contributed by atoms with Crippen LogP contribution in [0.4, 0.5) is 0 Å². The van der Waals surface area contributed by atoms with Gasteiger partial charge in [-0.2, -0.15) is 0 Å². The summed E-state index contributed by atoms with van der Waals surface area (Å²) in [5.74, 6) is -3.32. The van der Waals surface area contributed by atoms with Crippen LogP contribution >= 0.6 is 0 Å². The number of carbonyl (C=O) groups excluding carboxylic acids is 4. The molecule has 2 bridgehead atoms. The number of aliphatic hydroxyl groups is 1. The first-order valence-corrected chi connectivity index (χ1v) is 16.3. The monoisotopic (exact) mass is 638 g/mol. The molecule has 4 aliphatic heterocycles. The van der Waals surface area contributed by atoms with Crippen LogP contribution in [-0.4, -0.2) is 127 Å². The van der Waals surface area contributed by atoms with Gasteiger partial charge in [0.1, 0.15) is 17.7 Å². The highest BCUT2D eigenvalue weighted by molar-refractivity contribution is 5.98. The van der Waals surface area contributed by atoms with Gasteiger partial charge in [0, 0.05) is 45.7 Å². The number of esters is 1. The molecular formula is C34H46N4O8. The normalized spacial score (nSPS) is 27.6. The van der Waals surface area contributed by atoms with Crippen LogP contribution in [0, 0.1) is 11.8 Å². The summed E-state index contributed by atoms with van der Waals surface area (Å²) in [6.45, 7) is 11.3. The van der Waals surface area contributed by atoms with Crippen molar-refractivity contribution in [2.24, 2.45) is 11.8 Å². The lowest BCUT2D eigenvalue weighted by atomic mass is 9.70. The summed E-state index contributed by atoms with van der Waals surface area (Å²) < 4.78 is 18.0. The number of benzene rings is 1. The fraction of sp³-hybridized carbons (Fsp3) is 0.588. The molecule has 46 heavy (non-hydrogen) atoms. The summed E-state index contributed by atoms with van der Waals surface area (Å²) in [6, 6.07) is 8.13. The fourth-order valence-electron chi connectivity index (χ4n) is 7.40. The van der Waals surface area contributed by atoms with Gasteiger partial charge in [0.2, 0.25) is 17.7 Å². The van der Waals surface area contributed by atoms with Gasteiger partial charge in [0.05, 0.1) is 44.3 Å². The summed E-state index contributed by atoms with van der Waals surface area (Å²) in [5, 5.41) is 12.8. The maximum absolute atomic E-state index is 14.3. The summed E-state index contributed by atoms with van der Waals surface area (Å²) in [4.78, 5) is 60.1. The van der Waals surface area contributed by atoms with Crippen LogP contribution in [0.15, 0.2) is 55.6 Å². The van der Waals surface area contributed by atoms with Gasteiger partial charge >= 0.3 is 5.97 Å². The molecule has 1 spiro atoms. The molecule has 2 N–H and O–H groups in total. The van der Waals surface area contributed by atoms with Crippen molar-refractivity contribution in [2.45, 2.75) is 49.5 Å². The molecule has 4 fully saturated rings. The van der Waals surface area contributed by atoms with Gasteiger partial charge < -0.3 is 34.4 Å². The highest BCUT2D eigenvalue weighted by Crippen LogP contribution is 2.59. The van der Waals surface area contributed by atoms with Crippen molar-refractivity contribution < 1.29 is 38.5 Å². The van der Waals surface area contributed by atoms with Gasteiger partial charge in [0.25, 0.3) is 0 Å². The molecule has 4 heterocycles. The second-order valence-electron chi connectivity index (χ2n) is 12.3. The topological polar surface area (TPSA) is 138 Å². The standard InChI is InChI=1S/C34H46N4O8/c1-3-5-11-27(40)35-23-26(24-9-7-6-8-10-24)45-33(43)28-25-12-13-34(46-25)29(28)31(41)38(17-20-39)30(34)32(42)37(14-4-2)16-15-36-18-21-44-22-19-36/h3-4,6-10,25-26,28-30,39H,1-2,5,11-23H2,(H,35,40)/t25-,26+,28+,29+,30-,34+/m0/s1. The number of likely N-dealkylation sites (tertiary alicyclic amines) is 1. The zero-order valence-corrected chi connectivity index (χ0v) is 26.4. The average Bonchev–Trinajstić information content (AvgIpc) is 3.72. The van der Waals surface area contributed by atoms with E-state index < -0.39 is 47.6 Å². The zero-order valence-electron chi connectivity index (χ0n) is 26.4. The number of carbonyl (C=O) groups is 4. The van der Waals surface area contributed by atoms with Gasteiger partial charge in [-0.1, -0.05) is 42.5 Å². The molecule has 0 radical (unpaired) electrons. The third kappa shape index (κ3) is 6.90. The number of nitrogens with zero attached hydrogens (tertiary/aromatic N) is 3. The first-order valence-electron chi connectivity index (χ1n) is 16.3. The van der Waals surface area contributed by atoms with Crippen LogP contribution in [0.5, 0.6) is 0 Å². The molecule has 1 aromatic rings. The number of amides is 3. The highest BCUT2D eigenvalue weighted by Gasteiger charge is 2.75. The molecule has 12 heteroatoms. The summed E-state index contributed by atoms with van der Waals surface area (Å²) in [5.41, 5.74) is -0.510. The van der Waals surface area contributed by atoms with E-state index in [1.807, 2.05) is 30.3 Å². The number of morpholine rings is 1. The van der Waals surface area contributed by atoms with E-state index in [4.69, 9.17) is 14.2 Å². The second kappa shape index (κ2) is 15.3. The molecule has 6 atom stereocenters. The maximum Gasteiger partial charge on any atom is 0.313 e. The molecule has 12 nitrogen and oxygen atoms in total. The van der Waals surface area contributed by atoms with E-state index in [0.717, 1.165) is 13.1 Å². The number of aliphatic hydroxyl groups excluding tert-OH is 1. The summed E-state index contributed by atoms with van der Waals surface area (Å²) >= 11 is 0. The maximum atomic E-state index is 14.3. The van der Waals surface area contributed by atoms with Crippen molar-refractivity contribution >= 4 is 23.7 Å². The van der Waals surface area contributed by atoms with Gasteiger partial charge in [0.15, 0.2) is 0 Å². The van der Waals surface area contributed by atoms with Crippen molar-refractivity contribution in [3.8, 4) is 0 Å². The number of rotatable bonds is 16. The number of hydrogen-bond acceptors (Lipinski definition) is 9. The molecule has 1 aromatic carbocycles. The zero-order chi connectivity index (χ0) is 32.7. The van der Waals surface area contributed by atoms with E-state index >= 15 is 0 Å². The fourth-order valence-corrected chi connectivity index (χ4v) is 7.40. The van der Waals surface area contributed by atoms with Crippen LogP contribution in [0.1, 0.15) is 37.4 Å². The van der Waals surface area contributed by atoms with Crippen LogP contribution in [-0.2, 0) is 33.4 Å². The Kier molecular flexibility index (Phi) is 11.3. The minimum Gasteiger partial charge on any atom is -0.455 e. The second-order valence-corrected chi connectivity index (χ2v) is 12.3. The number of β-amino-alcohol motifs (C(OH)–C–C–N with tert-alkyl or cyclic N) is 1. The quantitative estimate of drug-likeness (QED) is 0.201. The van der Waals surface area contributed by atoms with Crippen molar-refractivity contribution in [3.63, 3.8) is 0 Å². The molecule has 4 saturated heterocycles. The third-order valence-electron chi connectivity index (χ3n) is 9.59. The van der Waals surface area contributed by atoms with E-state index in [0.29, 0.717) is 51.1 Å². The molecule has 4 aliphatic rings. The van der Waals surface area contributed by atoms with E-state index in [1.165, 1.54) is 4.90 Å². The number of nitrogens with one attached hydrogen (secondary N) is 1. The van der Waals surface area contributed by atoms with E-state index in [1.54, 1.807) is 17.1 Å². The average molecular weight is 639 g/mol. The summed E-state index contributed by atoms with van der Waals surface area (Å²) in [6.07, 6.45) is 3.66. The molecule has 3 amide bonds. The van der Waals surface area contributed by atoms with Crippen molar-refractivity contribution in [3.05, 3.63) is 61.2 Å². The number of ether oxygens (including phenoxy) is 3. The summed E-state index contributed by atoms with van der Waals surface area (Å²) in [7, 11) is 0. The molecule has 5 rings (SSSR count). The molecule has 0 saturated carbocycles. The third-order valence-corrected chi connectivity index (χ3v) is 9.59. The van der Waals surface area contributed by atoms with Gasteiger partial charge in [-0.15, -0.1) is 13.2 Å². The Morgan fingerprint density at radius 3 is 2.61 bits per heavy atom. The van der Waals surface area contributed by atoms with Crippen molar-refractivity contribution in [2.75, 3.05) is 65.6 Å². The van der Waals surface area contributed by atoms with E-state index in [-0.39, 0.29) is 44.5 Å². The molecule has 0 aromatic heterocycles. The Labute approximate surface area is 270 Å². The minimum absolute atomic E-state index is 0.0575. The first kappa shape index (κ1) is 33.8. The van der Waals surface area contributed by atoms with Gasteiger partial charge in [-0.25, -0.2) is 0 Å².